The van der Waals surface area contributed by atoms with Crippen molar-refractivity contribution >= 4 is 11.6 Å². The fourth-order valence-corrected chi connectivity index (χ4v) is 5.15. The summed E-state index contributed by atoms with van der Waals surface area (Å²) in [5.41, 5.74) is 6.03. The van der Waals surface area contributed by atoms with Gasteiger partial charge in [0.2, 0.25) is 5.96 Å². The molecule has 1 aliphatic heterocycles. The first-order valence-corrected chi connectivity index (χ1v) is 13.7. The average molecular weight is 473 g/mol. The van der Waals surface area contributed by atoms with Crippen LogP contribution in [0.25, 0.3) is 0 Å². The number of ether oxygens (including phenoxy) is 1. The lowest BCUT2D eigenvalue weighted by Gasteiger charge is -2.33. The zero-order valence-electron chi connectivity index (χ0n) is 23.5. The minimum atomic E-state index is 0.0674. The molecule has 1 saturated heterocycles. The van der Waals surface area contributed by atoms with E-state index in [1.54, 1.807) is 0 Å². The molecule has 0 saturated carbocycles. The molecule has 0 bridgehead atoms. The highest BCUT2D eigenvalue weighted by Gasteiger charge is 2.28. The number of hydrogen-bond donors (Lipinski definition) is 1. The molecule has 2 rings (SSSR count). The van der Waals surface area contributed by atoms with Gasteiger partial charge in [-0.3, -0.25) is 5.43 Å². The number of nitrogens with one attached hydrogen (secondary N) is 1. The van der Waals surface area contributed by atoms with E-state index in [9.17, 15) is 0 Å². The van der Waals surface area contributed by atoms with Crippen molar-refractivity contribution in [2.24, 2.45) is 10.5 Å². The van der Waals surface area contributed by atoms with Gasteiger partial charge in [0, 0.05) is 26.2 Å². The van der Waals surface area contributed by atoms with E-state index < -0.39 is 0 Å². The molecule has 5 nitrogen and oxygen atoms in total. The van der Waals surface area contributed by atoms with E-state index in [1.165, 1.54) is 37.7 Å². The van der Waals surface area contributed by atoms with Gasteiger partial charge in [-0.15, -0.1) is 5.10 Å². The number of rotatable bonds is 14. The highest BCUT2D eigenvalue weighted by Crippen LogP contribution is 2.39. The second-order valence-electron chi connectivity index (χ2n) is 11.6. The molecule has 0 aromatic heterocycles. The van der Waals surface area contributed by atoms with Gasteiger partial charge in [0.05, 0.1) is 12.3 Å². The summed E-state index contributed by atoms with van der Waals surface area (Å²) in [4.78, 5) is 4.67. The van der Waals surface area contributed by atoms with Crippen LogP contribution >= 0.6 is 0 Å². The second kappa shape index (κ2) is 13.3. The fraction of sp³-hybridized carbons (Fsp3) is 0.759. The van der Waals surface area contributed by atoms with E-state index in [-0.39, 0.29) is 10.8 Å². The predicted molar refractivity (Wildman–Crippen MR) is 148 cm³/mol. The molecule has 5 heteroatoms. The van der Waals surface area contributed by atoms with Crippen molar-refractivity contribution in [3.63, 3.8) is 0 Å². The lowest BCUT2D eigenvalue weighted by molar-refractivity contribution is 0.283. The molecule has 1 fully saturated rings. The van der Waals surface area contributed by atoms with Crippen LogP contribution in [0.4, 0.5) is 5.69 Å². The van der Waals surface area contributed by atoms with Gasteiger partial charge < -0.3 is 14.5 Å². The number of unbranched alkanes of at least 4 members (excludes halogenated alkanes) is 5. The van der Waals surface area contributed by atoms with Gasteiger partial charge in [-0.1, -0.05) is 79.7 Å². The van der Waals surface area contributed by atoms with Crippen LogP contribution in [-0.2, 0) is 5.41 Å². The average Bonchev–Trinajstić information content (AvgIpc) is 3.17. The molecule has 0 spiro atoms. The number of hydrogen-bond acceptors (Lipinski definition) is 3. The molecular formula is C29H52N4O. The molecule has 194 valence electrons. The SMILES string of the molecule is CCCCCCCCOc1ccc(C(C)(C)CC(C)(C)C)cc1NN=C1N(CC)CCN1CC. The van der Waals surface area contributed by atoms with Crippen molar-refractivity contribution < 1.29 is 4.74 Å². The molecule has 0 aliphatic carbocycles. The molecule has 1 aromatic carbocycles. The first kappa shape index (κ1) is 28.3. The number of anilines is 1. The summed E-state index contributed by atoms with van der Waals surface area (Å²) in [6.07, 6.45) is 8.71. The summed E-state index contributed by atoms with van der Waals surface area (Å²) in [6.45, 7) is 23.0. The Morgan fingerprint density at radius 2 is 1.50 bits per heavy atom. The fourth-order valence-electron chi connectivity index (χ4n) is 5.15. The lowest BCUT2D eigenvalue weighted by atomic mass is 9.72. The van der Waals surface area contributed by atoms with Crippen molar-refractivity contribution in [3.8, 4) is 5.75 Å². The first-order chi connectivity index (χ1) is 16.1. The van der Waals surface area contributed by atoms with Gasteiger partial charge >= 0.3 is 0 Å². The van der Waals surface area contributed by atoms with Crippen molar-refractivity contribution in [2.45, 2.75) is 106 Å². The number of nitrogens with zero attached hydrogens (tertiary/aromatic N) is 3. The van der Waals surface area contributed by atoms with Crippen LogP contribution in [0.5, 0.6) is 5.75 Å². The van der Waals surface area contributed by atoms with Gasteiger partial charge in [0.15, 0.2) is 0 Å². The zero-order chi connectivity index (χ0) is 25.2. The van der Waals surface area contributed by atoms with Gasteiger partial charge in [-0.25, -0.2) is 0 Å². The maximum absolute atomic E-state index is 6.27. The summed E-state index contributed by atoms with van der Waals surface area (Å²) >= 11 is 0. The summed E-state index contributed by atoms with van der Waals surface area (Å²) in [5, 5.41) is 4.87. The Morgan fingerprint density at radius 3 is 2.09 bits per heavy atom. The molecule has 1 heterocycles. The minimum Gasteiger partial charge on any atom is -0.491 e. The molecule has 1 N–H and O–H groups in total. The third-order valence-corrected chi connectivity index (χ3v) is 6.73. The first-order valence-electron chi connectivity index (χ1n) is 13.7. The van der Waals surface area contributed by atoms with Crippen LogP contribution in [0.3, 0.4) is 0 Å². The topological polar surface area (TPSA) is 40.1 Å². The third-order valence-electron chi connectivity index (χ3n) is 6.73. The lowest BCUT2D eigenvalue weighted by Crippen LogP contribution is -2.34. The highest BCUT2D eigenvalue weighted by atomic mass is 16.5. The summed E-state index contributed by atoms with van der Waals surface area (Å²) in [5.74, 6) is 1.93. The number of benzene rings is 1. The van der Waals surface area contributed by atoms with E-state index in [0.29, 0.717) is 0 Å². The molecule has 1 aromatic rings. The normalized spacial score (nSPS) is 14.6. The van der Waals surface area contributed by atoms with Crippen LogP contribution in [0.15, 0.2) is 23.3 Å². The molecule has 0 amide bonds. The van der Waals surface area contributed by atoms with E-state index in [1.807, 2.05) is 0 Å². The molecule has 0 atom stereocenters. The van der Waals surface area contributed by atoms with Gasteiger partial charge in [0.1, 0.15) is 5.75 Å². The largest absolute Gasteiger partial charge is 0.491 e. The number of hydrazone groups is 1. The van der Waals surface area contributed by atoms with Crippen LogP contribution in [0, 0.1) is 5.41 Å². The monoisotopic (exact) mass is 472 g/mol. The Balaban J connectivity index is 2.21. The van der Waals surface area contributed by atoms with E-state index in [4.69, 9.17) is 9.84 Å². The predicted octanol–water partition coefficient (Wildman–Crippen LogP) is 7.48. The van der Waals surface area contributed by atoms with Gasteiger partial charge in [0.25, 0.3) is 0 Å². The van der Waals surface area contributed by atoms with Crippen molar-refractivity contribution in [1.82, 2.24) is 9.80 Å². The van der Waals surface area contributed by atoms with Crippen LogP contribution in [0.1, 0.15) is 106 Å². The number of likely N-dealkylation sites (N-methyl/N-ethyl adjacent to an activating group) is 2. The Hall–Kier alpha value is -1.91. The van der Waals surface area contributed by atoms with Crippen molar-refractivity contribution in [1.29, 1.82) is 0 Å². The van der Waals surface area contributed by atoms with Crippen molar-refractivity contribution in [2.75, 3.05) is 38.2 Å². The second-order valence-corrected chi connectivity index (χ2v) is 11.6. The van der Waals surface area contributed by atoms with Crippen LogP contribution in [0.2, 0.25) is 0 Å². The summed E-state index contributed by atoms with van der Waals surface area (Å²) < 4.78 is 6.27. The maximum atomic E-state index is 6.27. The highest BCUT2D eigenvalue weighted by molar-refractivity contribution is 5.83. The minimum absolute atomic E-state index is 0.0674. The van der Waals surface area contributed by atoms with Gasteiger partial charge in [-0.05, 0) is 55.2 Å². The molecular weight excluding hydrogens is 420 g/mol. The van der Waals surface area contributed by atoms with Crippen molar-refractivity contribution in [3.05, 3.63) is 23.8 Å². The standard InChI is InChI=1S/C29H52N4O/c1-9-12-13-14-15-16-21-34-26-18-17-24(29(7,8)23-28(4,5)6)22-25(26)30-31-27-32(10-2)19-20-33(27)11-3/h17-18,22,30H,9-16,19-21,23H2,1-8H3. The van der Waals surface area contributed by atoms with E-state index in [2.05, 4.69) is 88.8 Å². The van der Waals surface area contributed by atoms with E-state index in [0.717, 1.165) is 63.0 Å². The Morgan fingerprint density at radius 1 is 0.882 bits per heavy atom. The molecule has 1 aliphatic rings. The third kappa shape index (κ3) is 8.70. The molecule has 0 unspecified atom stereocenters. The van der Waals surface area contributed by atoms with Gasteiger partial charge in [-0.2, -0.15) is 0 Å². The Kier molecular flexibility index (Phi) is 11.0. The number of guanidine groups is 1. The zero-order valence-corrected chi connectivity index (χ0v) is 23.5. The quantitative estimate of drug-likeness (QED) is 0.225. The Bertz CT molecular complexity index is 752. The molecule has 34 heavy (non-hydrogen) atoms. The Labute approximate surface area is 210 Å². The van der Waals surface area contributed by atoms with E-state index >= 15 is 0 Å². The smallest absolute Gasteiger partial charge is 0.219 e. The summed E-state index contributed by atoms with van der Waals surface area (Å²) in [6, 6.07) is 6.64. The van der Waals surface area contributed by atoms with Crippen LogP contribution in [-0.4, -0.2) is 48.5 Å². The summed E-state index contributed by atoms with van der Waals surface area (Å²) in [7, 11) is 0. The van der Waals surface area contributed by atoms with Crippen LogP contribution < -0.4 is 10.2 Å². The molecule has 0 radical (unpaired) electrons. The maximum Gasteiger partial charge on any atom is 0.219 e.